The second-order valence-electron chi connectivity index (χ2n) is 9.34. The lowest BCUT2D eigenvalue weighted by molar-refractivity contribution is -0.153. The molecule has 0 saturated carbocycles. The molecule has 1 saturated heterocycles. The van der Waals surface area contributed by atoms with E-state index in [1.165, 1.54) is 0 Å². The smallest absolute Gasteiger partial charge is 0.328 e. The summed E-state index contributed by atoms with van der Waals surface area (Å²) in [5, 5.41) is 0. The minimum atomic E-state index is -0.607. The van der Waals surface area contributed by atoms with Crippen LogP contribution in [0.15, 0.2) is 72.8 Å². The average molecular weight is 516 g/mol. The number of esters is 1. The molecule has 1 unspecified atom stereocenters. The first-order valence-electron chi connectivity index (χ1n) is 12.8. The molecule has 3 aromatic carbocycles. The molecule has 0 aromatic heterocycles. The van der Waals surface area contributed by atoms with E-state index in [0.29, 0.717) is 42.0 Å². The molecule has 1 amide bonds. The fourth-order valence-electron chi connectivity index (χ4n) is 4.77. The lowest BCUT2D eigenvalue weighted by Crippen LogP contribution is -2.43. The summed E-state index contributed by atoms with van der Waals surface area (Å²) in [4.78, 5) is 40.9. The Kier molecular flexibility index (Phi) is 8.79. The highest BCUT2D eigenvalue weighted by Crippen LogP contribution is 2.29. The summed E-state index contributed by atoms with van der Waals surface area (Å²) < 4.78 is 16.2. The zero-order valence-electron chi connectivity index (χ0n) is 22.0. The minimum Gasteiger partial charge on any atom is -0.493 e. The zero-order valence-corrected chi connectivity index (χ0v) is 22.0. The Morgan fingerprint density at radius 2 is 1.63 bits per heavy atom. The summed E-state index contributed by atoms with van der Waals surface area (Å²) in [6.07, 6.45) is 1.83. The fraction of sp³-hybridized carbons (Fsp3) is 0.323. The lowest BCUT2D eigenvalue weighted by Gasteiger charge is -2.26. The van der Waals surface area contributed by atoms with Crippen molar-refractivity contribution in [2.45, 2.75) is 38.1 Å². The van der Waals surface area contributed by atoms with E-state index in [0.717, 1.165) is 17.5 Å². The van der Waals surface area contributed by atoms with Gasteiger partial charge in [-0.2, -0.15) is 0 Å². The molecule has 0 N–H and O–H groups in total. The van der Waals surface area contributed by atoms with Gasteiger partial charge in [-0.15, -0.1) is 0 Å². The Hall–Kier alpha value is -4.13. The molecule has 198 valence electrons. The molecule has 0 bridgehead atoms. The largest absolute Gasteiger partial charge is 0.493 e. The van der Waals surface area contributed by atoms with Crippen LogP contribution < -0.4 is 9.47 Å². The summed E-state index contributed by atoms with van der Waals surface area (Å²) >= 11 is 0. The quantitative estimate of drug-likeness (QED) is 0.285. The van der Waals surface area contributed by atoms with Gasteiger partial charge >= 0.3 is 5.97 Å². The van der Waals surface area contributed by atoms with Crippen LogP contribution in [0.1, 0.15) is 52.7 Å². The molecule has 1 aliphatic heterocycles. The highest BCUT2D eigenvalue weighted by molar-refractivity contribution is 6.09. The van der Waals surface area contributed by atoms with Gasteiger partial charge < -0.3 is 19.1 Å². The maximum absolute atomic E-state index is 13.4. The van der Waals surface area contributed by atoms with Gasteiger partial charge in [0.05, 0.1) is 26.7 Å². The Bertz CT molecular complexity index is 1290. The Balaban J connectivity index is 1.38. The minimum absolute atomic E-state index is 0.0933. The third kappa shape index (κ3) is 6.05. The monoisotopic (exact) mass is 515 g/mol. The first kappa shape index (κ1) is 26.9. The molecule has 1 aliphatic rings. The number of carbonyl (C=O) groups is 3. The molecule has 0 spiro atoms. The maximum Gasteiger partial charge on any atom is 0.328 e. The number of nitrogens with zero attached hydrogens (tertiary/aromatic N) is 1. The van der Waals surface area contributed by atoms with Crippen molar-refractivity contribution in [3.63, 3.8) is 0 Å². The predicted molar refractivity (Wildman–Crippen MR) is 144 cm³/mol. The zero-order chi connectivity index (χ0) is 27.1. The summed E-state index contributed by atoms with van der Waals surface area (Å²) in [6, 6.07) is 21.2. The highest BCUT2D eigenvalue weighted by atomic mass is 16.5. The van der Waals surface area contributed by atoms with Gasteiger partial charge in [-0.3, -0.25) is 9.59 Å². The summed E-state index contributed by atoms with van der Waals surface area (Å²) in [5.41, 5.74) is 2.82. The van der Waals surface area contributed by atoms with Gasteiger partial charge in [0.25, 0.3) is 0 Å². The first-order chi connectivity index (χ1) is 18.4. The van der Waals surface area contributed by atoms with E-state index in [1.807, 2.05) is 49.4 Å². The van der Waals surface area contributed by atoms with Crippen molar-refractivity contribution in [2.24, 2.45) is 0 Å². The van der Waals surface area contributed by atoms with Gasteiger partial charge in [-0.05, 0) is 49.1 Å². The number of methoxy groups -OCH3 is 2. The van der Waals surface area contributed by atoms with Crippen LogP contribution in [-0.4, -0.2) is 56.0 Å². The first-order valence-corrected chi connectivity index (χ1v) is 12.8. The third-order valence-electron chi connectivity index (χ3n) is 6.95. The molecule has 2 atom stereocenters. The average Bonchev–Trinajstić information content (AvgIpc) is 3.46. The van der Waals surface area contributed by atoms with Crippen molar-refractivity contribution in [1.82, 2.24) is 4.90 Å². The van der Waals surface area contributed by atoms with Crippen molar-refractivity contribution in [3.05, 3.63) is 95.1 Å². The van der Waals surface area contributed by atoms with Crippen LogP contribution in [0.4, 0.5) is 0 Å². The maximum atomic E-state index is 13.4. The number of likely N-dealkylation sites (tertiary alicyclic amines) is 1. The molecule has 3 aromatic rings. The third-order valence-corrected chi connectivity index (χ3v) is 6.95. The molecule has 7 heteroatoms. The topological polar surface area (TPSA) is 82.1 Å². The number of ether oxygens (including phenoxy) is 3. The van der Waals surface area contributed by atoms with Crippen LogP contribution in [-0.2, 0) is 20.7 Å². The number of benzene rings is 3. The van der Waals surface area contributed by atoms with Crippen LogP contribution >= 0.6 is 0 Å². The molecule has 0 radical (unpaired) electrons. The summed E-state index contributed by atoms with van der Waals surface area (Å²) in [7, 11) is 3.15. The van der Waals surface area contributed by atoms with Gasteiger partial charge in [0.1, 0.15) is 6.04 Å². The van der Waals surface area contributed by atoms with Crippen LogP contribution in [0.25, 0.3) is 0 Å². The van der Waals surface area contributed by atoms with E-state index in [2.05, 4.69) is 0 Å². The van der Waals surface area contributed by atoms with E-state index < -0.39 is 17.9 Å². The number of carbonyl (C=O) groups excluding carboxylic acids is 3. The van der Waals surface area contributed by atoms with Crippen LogP contribution in [0.2, 0.25) is 0 Å². The Labute approximate surface area is 223 Å². The lowest BCUT2D eigenvalue weighted by atomic mass is 9.94. The Morgan fingerprint density at radius 3 is 2.37 bits per heavy atom. The SMILES string of the molecule is COc1ccc(CCOC(=O)[C@@H]2CCCN2C(=O)C(C)c2cccc(C(=O)c3ccccc3)c2)cc1OC. The number of ketones is 1. The van der Waals surface area contributed by atoms with Crippen molar-refractivity contribution in [3.8, 4) is 11.5 Å². The van der Waals surface area contributed by atoms with Gasteiger partial charge in [-0.1, -0.05) is 54.6 Å². The van der Waals surface area contributed by atoms with Crippen molar-refractivity contribution in [1.29, 1.82) is 0 Å². The van der Waals surface area contributed by atoms with E-state index in [4.69, 9.17) is 14.2 Å². The van der Waals surface area contributed by atoms with Gasteiger partial charge in [0.2, 0.25) is 5.91 Å². The van der Waals surface area contributed by atoms with Crippen molar-refractivity contribution < 1.29 is 28.6 Å². The Morgan fingerprint density at radius 1 is 0.895 bits per heavy atom. The van der Waals surface area contributed by atoms with E-state index in [1.54, 1.807) is 49.5 Å². The molecule has 7 nitrogen and oxygen atoms in total. The second-order valence-corrected chi connectivity index (χ2v) is 9.34. The molecule has 1 heterocycles. The van der Waals surface area contributed by atoms with Crippen LogP contribution in [0.3, 0.4) is 0 Å². The van der Waals surface area contributed by atoms with Crippen LogP contribution in [0.5, 0.6) is 11.5 Å². The molecular formula is C31H33NO6. The fourth-order valence-corrected chi connectivity index (χ4v) is 4.77. The molecule has 4 rings (SSSR count). The van der Waals surface area contributed by atoms with E-state index >= 15 is 0 Å². The van der Waals surface area contributed by atoms with E-state index in [9.17, 15) is 14.4 Å². The predicted octanol–water partition coefficient (Wildman–Crippen LogP) is 4.82. The van der Waals surface area contributed by atoms with Crippen molar-refractivity contribution in [2.75, 3.05) is 27.4 Å². The number of rotatable bonds is 10. The number of hydrogen-bond donors (Lipinski definition) is 0. The highest BCUT2D eigenvalue weighted by Gasteiger charge is 2.37. The molecule has 38 heavy (non-hydrogen) atoms. The summed E-state index contributed by atoms with van der Waals surface area (Å²) in [6.45, 7) is 2.51. The van der Waals surface area contributed by atoms with Gasteiger partial charge in [0.15, 0.2) is 17.3 Å². The summed E-state index contributed by atoms with van der Waals surface area (Å²) in [5.74, 6) is 0.123. The number of hydrogen-bond acceptors (Lipinski definition) is 6. The molecule has 0 aliphatic carbocycles. The van der Waals surface area contributed by atoms with Gasteiger partial charge in [0, 0.05) is 24.1 Å². The molecule has 1 fully saturated rings. The van der Waals surface area contributed by atoms with Crippen molar-refractivity contribution >= 4 is 17.7 Å². The second kappa shape index (κ2) is 12.4. The standard InChI is InChI=1S/C31H33NO6/c1-21(24-11-7-12-25(20-24)29(33)23-9-5-4-6-10-23)30(34)32-17-8-13-26(32)31(35)38-18-16-22-14-15-27(36-2)28(19-22)37-3/h4-7,9-12,14-15,19-21,26H,8,13,16-18H2,1-3H3/t21?,26-/m0/s1. The van der Waals surface area contributed by atoms with Gasteiger partial charge in [-0.25, -0.2) is 4.79 Å². The van der Waals surface area contributed by atoms with Crippen LogP contribution in [0, 0.1) is 0 Å². The number of amides is 1. The normalized spacial score (nSPS) is 15.6. The molecular weight excluding hydrogens is 482 g/mol. The van der Waals surface area contributed by atoms with E-state index in [-0.39, 0.29) is 18.3 Å².